The van der Waals surface area contributed by atoms with Crippen LogP contribution in [0.25, 0.3) is 0 Å². The number of nitrogens with one attached hydrogen (secondary N) is 1. The van der Waals surface area contributed by atoms with Crippen molar-refractivity contribution in [1.82, 2.24) is 0 Å². The summed E-state index contributed by atoms with van der Waals surface area (Å²) in [6.07, 6.45) is 0. The molecule has 130 valence electrons. The van der Waals surface area contributed by atoms with E-state index in [4.69, 9.17) is 11.6 Å². The Bertz CT molecular complexity index is 900. The number of Topliss-reactive ketones (excluding diaryl/α,β-unsaturated/α-hetero) is 1. The SMILES string of the molecule is O=C(Nc1ccccc1)C(Sc1ccccc1)C(=O)c1ccccc1Cl. The van der Waals surface area contributed by atoms with E-state index in [9.17, 15) is 9.59 Å². The minimum atomic E-state index is -0.947. The molecular formula is C21H16ClNO2S. The van der Waals surface area contributed by atoms with E-state index in [1.807, 2.05) is 48.5 Å². The van der Waals surface area contributed by atoms with Gasteiger partial charge in [-0.2, -0.15) is 0 Å². The molecule has 1 amide bonds. The van der Waals surface area contributed by atoms with Crippen LogP contribution in [0, 0.1) is 0 Å². The third kappa shape index (κ3) is 4.54. The smallest absolute Gasteiger partial charge is 0.245 e. The number of carbonyl (C=O) groups is 2. The van der Waals surface area contributed by atoms with Crippen molar-refractivity contribution in [3.05, 3.63) is 95.5 Å². The van der Waals surface area contributed by atoms with E-state index in [2.05, 4.69) is 5.32 Å². The van der Waals surface area contributed by atoms with E-state index >= 15 is 0 Å². The number of rotatable bonds is 6. The highest BCUT2D eigenvalue weighted by molar-refractivity contribution is 8.01. The summed E-state index contributed by atoms with van der Waals surface area (Å²) in [5.41, 5.74) is 0.980. The zero-order chi connectivity index (χ0) is 18.4. The standard InChI is InChI=1S/C21H16ClNO2S/c22-18-14-8-7-13-17(18)19(24)20(26-16-11-5-2-6-12-16)21(25)23-15-9-3-1-4-10-15/h1-14,20H,(H,23,25). The molecule has 0 saturated carbocycles. The van der Waals surface area contributed by atoms with Crippen molar-refractivity contribution in [2.24, 2.45) is 0 Å². The molecule has 0 aliphatic carbocycles. The van der Waals surface area contributed by atoms with E-state index in [1.165, 1.54) is 11.8 Å². The Kier molecular flexibility index (Phi) is 6.10. The fraction of sp³-hybridized carbons (Fsp3) is 0.0476. The molecule has 0 aliphatic rings. The molecule has 0 bridgehead atoms. The maximum absolute atomic E-state index is 13.0. The van der Waals surface area contributed by atoms with E-state index in [-0.39, 0.29) is 11.7 Å². The minimum Gasteiger partial charge on any atom is -0.325 e. The van der Waals surface area contributed by atoms with Gasteiger partial charge >= 0.3 is 0 Å². The molecule has 3 aromatic carbocycles. The first-order valence-corrected chi connectivity index (χ1v) is 9.27. The molecule has 3 nitrogen and oxygen atoms in total. The number of carbonyl (C=O) groups excluding carboxylic acids is 2. The van der Waals surface area contributed by atoms with Crippen LogP contribution in [0.2, 0.25) is 5.02 Å². The summed E-state index contributed by atoms with van der Waals surface area (Å²) in [5, 5.41) is 2.20. The minimum absolute atomic E-state index is 0.321. The summed E-state index contributed by atoms with van der Waals surface area (Å²) in [6, 6.07) is 25.2. The Labute approximate surface area is 161 Å². The van der Waals surface area contributed by atoms with E-state index in [0.29, 0.717) is 16.3 Å². The molecule has 1 unspecified atom stereocenters. The van der Waals surface area contributed by atoms with Crippen LogP contribution in [0.15, 0.2) is 89.8 Å². The second-order valence-corrected chi connectivity index (χ2v) is 7.10. The van der Waals surface area contributed by atoms with E-state index < -0.39 is 5.25 Å². The van der Waals surface area contributed by atoms with Crippen LogP contribution in [-0.4, -0.2) is 16.9 Å². The van der Waals surface area contributed by atoms with Crippen LogP contribution in [0.5, 0.6) is 0 Å². The molecule has 26 heavy (non-hydrogen) atoms. The highest BCUT2D eigenvalue weighted by Gasteiger charge is 2.30. The lowest BCUT2D eigenvalue weighted by atomic mass is 10.1. The topological polar surface area (TPSA) is 46.2 Å². The molecule has 0 heterocycles. The quantitative estimate of drug-likeness (QED) is 0.357. The number of para-hydroxylation sites is 1. The molecule has 1 atom stereocenters. The van der Waals surface area contributed by atoms with Crippen LogP contribution < -0.4 is 5.32 Å². The van der Waals surface area contributed by atoms with Crippen LogP contribution >= 0.6 is 23.4 Å². The van der Waals surface area contributed by atoms with Gasteiger partial charge in [0.2, 0.25) is 5.91 Å². The molecule has 0 saturated heterocycles. The highest BCUT2D eigenvalue weighted by atomic mass is 35.5. The number of anilines is 1. The maximum atomic E-state index is 13.0. The van der Waals surface area contributed by atoms with Crippen molar-refractivity contribution in [1.29, 1.82) is 0 Å². The van der Waals surface area contributed by atoms with Gasteiger partial charge in [-0.3, -0.25) is 9.59 Å². The first-order chi connectivity index (χ1) is 12.6. The van der Waals surface area contributed by atoms with Crippen molar-refractivity contribution >= 4 is 40.7 Å². The number of thioether (sulfide) groups is 1. The molecule has 5 heteroatoms. The predicted molar refractivity (Wildman–Crippen MR) is 107 cm³/mol. The van der Waals surface area contributed by atoms with Gasteiger partial charge in [-0.25, -0.2) is 0 Å². The van der Waals surface area contributed by atoms with Crippen LogP contribution in [0.3, 0.4) is 0 Å². The van der Waals surface area contributed by atoms with Gasteiger partial charge in [-0.1, -0.05) is 60.1 Å². The maximum Gasteiger partial charge on any atom is 0.245 e. The number of benzene rings is 3. The lowest BCUT2D eigenvalue weighted by Crippen LogP contribution is -2.32. The highest BCUT2D eigenvalue weighted by Crippen LogP contribution is 2.29. The largest absolute Gasteiger partial charge is 0.325 e. The van der Waals surface area contributed by atoms with Crippen molar-refractivity contribution in [2.75, 3.05) is 5.32 Å². The Morgan fingerprint density at radius 1 is 0.808 bits per heavy atom. The van der Waals surface area contributed by atoms with Crippen LogP contribution in [0.4, 0.5) is 5.69 Å². The van der Waals surface area contributed by atoms with E-state index in [0.717, 1.165) is 4.90 Å². The second kappa shape index (κ2) is 8.70. The molecule has 0 spiro atoms. The summed E-state index contributed by atoms with van der Waals surface area (Å²) in [4.78, 5) is 26.7. The fourth-order valence-electron chi connectivity index (χ4n) is 2.39. The van der Waals surface area contributed by atoms with Gasteiger partial charge in [0.25, 0.3) is 0 Å². The fourth-order valence-corrected chi connectivity index (χ4v) is 3.61. The van der Waals surface area contributed by atoms with Gasteiger partial charge in [-0.05, 0) is 36.4 Å². The normalized spacial score (nSPS) is 11.6. The third-order valence-electron chi connectivity index (χ3n) is 3.65. The first-order valence-electron chi connectivity index (χ1n) is 8.01. The number of amides is 1. The summed E-state index contributed by atoms with van der Waals surface area (Å²) in [5.74, 6) is -0.701. The van der Waals surface area contributed by atoms with Crippen molar-refractivity contribution in [3.8, 4) is 0 Å². The summed E-state index contributed by atoms with van der Waals surface area (Å²) < 4.78 is 0. The molecule has 0 aromatic heterocycles. The number of halogens is 1. The van der Waals surface area contributed by atoms with Crippen molar-refractivity contribution in [2.45, 2.75) is 10.1 Å². The second-order valence-electron chi connectivity index (χ2n) is 5.51. The Hall–Kier alpha value is -2.56. The number of hydrogen-bond acceptors (Lipinski definition) is 3. The monoisotopic (exact) mass is 381 g/mol. The van der Waals surface area contributed by atoms with Gasteiger partial charge in [0.05, 0.1) is 5.02 Å². The predicted octanol–water partition coefficient (Wildman–Crippen LogP) is 5.32. The average molecular weight is 382 g/mol. The van der Waals surface area contributed by atoms with Gasteiger partial charge in [0, 0.05) is 16.1 Å². The Morgan fingerprint density at radius 3 is 2.04 bits per heavy atom. The van der Waals surface area contributed by atoms with Crippen molar-refractivity contribution < 1.29 is 9.59 Å². The van der Waals surface area contributed by atoms with E-state index in [1.54, 1.807) is 36.4 Å². The molecule has 0 aliphatic heterocycles. The molecular weight excluding hydrogens is 366 g/mol. The van der Waals surface area contributed by atoms with Gasteiger partial charge in [-0.15, -0.1) is 11.8 Å². The summed E-state index contributed by atoms with van der Waals surface area (Å²) in [6.45, 7) is 0. The molecule has 0 fully saturated rings. The lowest BCUT2D eigenvalue weighted by molar-refractivity contribution is -0.115. The zero-order valence-electron chi connectivity index (χ0n) is 13.8. The zero-order valence-corrected chi connectivity index (χ0v) is 15.3. The molecule has 1 N–H and O–H groups in total. The molecule has 3 aromatic rings. The molecule has 0 radical (unpaired) electrons. The van der Waals surface area contributed by atoms with Crippen LogP contribution in [-0.2, 0) is 4.79 Å². The Balaban J connectivity index is 1.89. The molecule has 3 rings (SSSR count). The average Bonchev–Trinajstić information content (AvgIpc) is 2.67. The summed E-state index contributed by atoms with van der Waals surface area (Å²) >= 11 is 7.38. The third-order valence-corrected chi connectivity index (χ3v) is 5.19. The number of hydrogen-bond donors (Lipinski definition) is 1. The van der Waals surface area contributed by atoms with Gasteiger partial charge in [0.1, 0.15) is 0 Å². The van der Waals surface area contributed by atoms with Gasteiger partial charge in [0.15, 0.2) is 11.0 Å². The van der Waals surface area contributed by atoms with Crippen molar-refractivity contribution in [3.63, 3.8) is 0 Å². The first kappa shape index (κ1) is 18.2. The number of ketones is 1. The lowest BCUT2D eigenvalue weighted by Gasteiger charge is -2.16. The Morgan fingerprint density at radius 2 is 1.38 bits per heavy atom. The van der Waals surface area contributed by atoms with Crippen LogP contribution in [0.1, 0.15) is 10.4 Å². The summed E-state index contributed by atoms with van der Waals surface area (Å²) in [7, 11) is 0. The van der Waals surface area contributed by atoms with Gasteiger partial charge < -0.3 is 5.32 Å².